The summed E-state index contributed by atoms with van der Waals surface area (Å²) in [5, 5.41) is 2.84. The van der Waals surface area contributed by atoms with E-state index in [1.807, 2.05) is 23.1 Å². The third-order valence-corrected chi connectivity index (χ3v) is 5.10. The number of anilines is 2. The summed E-state index contributed by atoms with van der Waals surface area (Å²) in [5.74, 6) is 0.460. The Morgan fingerprint density at radius 2 is 1.59 bits per heavy atom. The number of hydrogen-bond donors (Lipinski definition) is 1. The lowest BCUT2D eigenvalue weighted by molar-refractivity contribution is 0.0982. The van der Waals surface area contributed by atoms with Crippen molar-refractivity contribution in [3.05, 3.63) is 89.5 Å². The van der Waals surface area contributed by atoms with Crippen LogP contribution in [0, 0.1) is 0 Å². The van der Waals surface area contributed by atoms with Gasteiger partial charge in [0.25, 0.3) is 11.8 Å². The number of methoxy groups -OCH3 is 1. The van der Waals surface area contributed by atoms with E-state index in [4.69, 9.17) is 4.74 Å². The van der Waals surface area contributed by atoms with Crippen LogP contribution in [0.1, 0.15) is 32.7 Å². The van der Waals surface area contributed by atoms with Crippen molar-refractivity contribution in [2.75, 3.05) is 23.9 Å². The van der Waals surface area contributed by atoms with Gasteiger partial charge in [-0.25, -0.2) is 0 Å². The van der Waals surface area contributed by atoms with E-state index in [-0.39, 0.29) is 11.8 Å². The average molecular weight is 386 g/mol. The molecule has 1 aliphatic heterocycles. The Hall–Kier alpha value is -3.60. The molecule has 0 spiro atoms. The molecule has 1 heterocycles. The predicted octanol–water partition coefficient (Wildman–Crippen LogP) is 4.54. The minimum Gasteiger partial charge on any atom is -0.497 e. The second kappa shape index (κ2) is 8.19. The van der Waals surface area contributed by atoms with Gasteiger partial charge in [0.05, 0.1) is 7.11 Å². The van der Waals surface area contributed by atoms with E-state index in [9.17, 15) is 9.59 Å². The molecule has 0 bridgehead atoms. The lowest BCUT2D eigenvalue weighted by Gasteiger charge is -2.29. The number of carbonyl (C=O) groups excluding carboxylic acids is 2. The lowest BCUT2D eigenvalue weighted by atomic mass is 10.0. The number of rotatable bonds is 4. The number of nitrogens with zero attached hydrogens (tertiary/aromatic N) is 1. The number of carbonyl (C=O) groups is 2. The molecular formula is C24H22N2O3. The highest BCUT2D eigenvalue weighted by Gasteiger charge is 2.23. The fraction of sp³-hybridized carbons (Fsp3) is 0.167. The highest BCUT2D eigenvalue weighted by molar-refractivity contribution is 6.08. The van der Waals surface area contributed by atoms with Crippen LogP contribution in [0.5, 0.6) is 5.75 Å². The number of ether oxygens (including phenoxy) is 1. The van der Waals surface area contributed by atoms with Gasteiger partial charge in [0, 0.05) is 29.0 Å². The molecule has 29 heavy (non-hydrogen) atoms. The molecule has 0 saturated carbocycles. The zero-order valence-corrected chi connectivity index (χ0v) is 16.2. The average Bonchev–Trinajstić information content (AvgIpc) is 2.79. The number of aryl methyl sites for hydroxylation is 1. The van der Waals surface area contributed by atoms with E-state index in [2.05, 4.69) is 11.4 Å². The van der Waals surface area contributed by atoms with E-state index in [0.717, 1.165) is 24.3 Å². The predicted molar refractivity (Wildman–Crippen MR) is 114 cm³/mol. The fourth-order valence-corrected chi connectivity index (χ4v) is 3.54. The summed E-state index contributed by atoms with van der Waals surface area (Å²) in [6, 6.07) is 21.9. The number of hydrogen-bond acceptors (Lipinski definition) is 3. The molecule has 3 aromatic carbocycles. The molecule has 1 aliphatic rings. The number of amides is 2. The van der Waals surface area contributed by atoms with E-state index >= 15 is 0 Å². The second-order valence-corrected chi connectivity index (χ2v) is 6.95. The van der Waals surface area contributed by atoms with Gasteiger partial charge in [-0.05, 0) is 73.0 Å². The Morgan fingerprint density at radius 3 is 2.31 bits per heavy atom. The Kier molecular flexibility index (Phi) is 5.29. The van der Waals surface area contributed by atoms with Gasteiger partial charge in [0.15, 0.2) is 0 Å². The van der Waals surface area contributed by atoms with Crippen molar-refractivity contribution in [2.45, 2.75) is 12.8 Å². The topological polar surface area (TPSA) is 58.6 Å². The van der Waals surface area contributed by atoms with Crippen LogP contribution in [-0.4, -0.2) is 25.5 Å². The Labute approximate surface area is 169 Å². The van der Waals surface area contributed by atoms with E-state index in [1.165, 1.54) is 5.56 Å². The summed E-state index contributed by atoms with van der Waals surface area (Å²) >= 11 is 0. The van der Waals surface area contributed by atoms with Gasteiger partial charge in [0.2, 0.25) is 0 Å². The highest BCUT2D eigenvalue weighted by atomic mass is 16.5. The minimum absolute atomic E-state index is 0.0423. The number of fused-ring (bicyclic) bond motifs is 1. The Balaban J connectivity index is 1.47. The molecule has 0 aromatic heterocycles. The van der Waals surface area contributed by atoms with Crippen LogP contribution < -0.4 is 15.0 Å². The van der Waals surface area contributed by atoms with Crippen molar-refractivity contribution in [2.24, 2.45) is 0 Å². The van der Waals surface area contributed by atoms with Gasteiger partial charge < -0.3 is 15.0 Å². The van der Waals surface area contributed by atoms with Crippen LogP contribution in [0.25, 0.3) is 0 Å². The van der Waals surface area contributed by atoms with Crippen LogP contribution in [0.4, 0.5) is 11.4 Å². The molecule has 146 valence electrons. The third-order valence-electron chi connectivity index (χ3n) is 5.10. The molecule has 5 heteroatoms. The van der Waals surface area contributed by atoms with Gasteiger partial charge in [-0.1, -0.05) is 18.2 Å². The van der Waals surface area contributed by atoms with Crippen molar-refractivity contribution in [1.29, 1.82) is 0 Å². The SMILES string of the molecule is COc1ccc(NC(=O)c2ccc(C(=O)N3CCCc4ccccc43)cc2)cc1. The quantitative estimate of drug-likeness (QED) is 0.716. The minimum atomic E-state index is -0.225. The molecule has 0 saturated heterocycles. The number of nitrogens with one attached hydrogen (secondary N) is 1. The summed E-state index contributed by atoms with van der Waals surface area (Å²) in [4.78, 5) is 27.3. The normalized spacial score (nSPS) is 12.8. The van der Waals surface area contributed by atoms with Gasteiger partial charge in [-0.3, -0.25) is 9.59 Å². The molecule has 1 N–H and O–H groups in total. The molecule has 0 atom stereocenters. The number of benzene rings is 3. The van der Waals surface area contributed by atoms with E-state index in [1.54, 1.807) is 55.6 Å². The molecule has 4 rings (SSSR count). The highest BCUT2D eigenvalue weighted by Crippen LogP contribution is 2.28. The summed E-state index contributed by atoms with van der Waals surface area (Å²) in [5.41, 5.74) is 3.92. The largest absolute Gasteiger partial charge is 0.497 e. The summed E-state index contributed by atoms with van der Waals surface area (Å²) in [7, 11) is 1.60. The second-order valence-electron chi connectivity index (χ2n) is 6.95. The van der Waals surface area contributed by atoms with Crippen molar-refractivity contribution in [3.63, 3.8) is 0 Å². The molecule has 5 nitrogen and oxygen atoms in total. The van der Waals surface area contributed by atoms with Crippen LogP contribution in [0.15, 0.2) is 72.8 Å². The first-order valence-electron chi connectivity index (χ1n) is 9.61. The van der Waals surface area contributed by atoms with Gasteiger partial charge in [-0.15, -0.1) is 0 Å². The summed E-state index contributed by atoms with van der Waals surface area (Å²) < 4.78 is 5.12. The van der Waals surface area contributed by atoms with E-state index < -0.39 is 0 Å². The molecule has 0 fully saturated rings. The van der Waals surface area contributed by atoms with Crippen molar-refractivity contribution >= 4 is 23.2 Å². The van der Waals surface area contributed by atoms with Gasteiger partial charge in [0.1, 0.15) is 5.75 Å². The van der Waals surface area contributed by atoms with Crippen molar-refractivity contribution in [1.82, 2.24) is 0 Å². The van der Waals surface area contributed by atoms with E-state index in [0.29, 0.717) is 23.4 Å². The molecule has 2 amide bonds. The van der Waals surface area contributed by atoms with Crippen LogP contribution >= 0.6 is 0 Å². The van der Waals surface area contributed by atoms with Gasteiger partial charge in [-0.2, -0.15) is 0 Å². The molecular weight excluding hydrogens is 364 g/mol. The van der Waals surface area contributed by atoms with Crippen LogP contribution in [0.2, 0.25) is 0 Å². The summed E-state index contributed by atoms with van der Waals surface area (Å²) in [6.45, 7) is 0.704. The first kappa shape index (κ1) is 18.7. The summed E-state index contributed by atoms with van der Waals surface area (Å²) in [6.07, 6.45) is 1.94. The zero-order chi connectivity index (χ0) is 20.2. The van der Waals surface area contributed by atoms with Gasteiger partial charge >= 0.3 is 0 Å². The maximum atomic E-state index is 13.0. The first-order valence-corrected chi connectivity index (χ1v) is 9.61. The first-order chi connectivity index (χ1) is 14.2. The third kappa shape index (κ3) is 3.99. The maximum Gasteiger partial charge on any atom is 0.258 e. The van der Waals surface area contributed by atoms with Crippen molar-refractivity contribution in [3.8, 4) is 5.75 Å². The monoisotopic (exact) mass is 386 g/mol. The van der Waals surface area contributed by atoms with Crippen LogP contribution in [-0.2, 0) is 6.42 Å². The number of para-hydroxylation sites is 1. The Bertz CT molecular complexity index is 1030. The zero-order valence-electron chi connectivity index (χ0n) is 16.2. The maximum absolute atomic E-state index is 13.0. The molecule has 3 aromatic rings. The molecule has 0 radical (unpaired) electrons. The fourth-order valence-electron chi connectivity index (χ4n) is 3.54. The Morgan fingerprint density at radius 1 is 0.897 bits per heavy atom. The molecule has 0 unspecified atom stereocenters. The van der Waals surface area contributed by atoms with Crippen LogP contribution in [0.3, 0.4) is 0 Å². The standard InChI is InChI=1S/C24H22N2O3/c1-29-21-14-12-20(13-15-21)25-23(27)18-8-10-19(11-9-18)24(28)26-16-4-6-17-5-2-3-7-22(17)26/h2-3,5,7-15H,4,6,16H2,1H3,(H,25,27). The lowest BCUT2D eigenvalue weighted by Crippen LogP contribution is -2.35. The van der Waals surface area contributed by atoms with Crippen molar-refractivity contribution < 1.29 is 14.3 Å². The molecule has 0 aliphatic carbocycles. The smallest absolute Gasteiger partial charge is 0.258 e.